The Morgan fingerprint density at radius 1 is 1.59 bits per heavy atom. The van der Waals surface area contributed by atoms with Crippen molar-refractivity contribution < 1.29 is 14.6 Å². The first-order chi connectivity index (χ1) is 8.19. The molecule has 0 spiro atoms. The van der Waals surface area contributed by atoms with Gasteiger partial charge in [0.25, 0.3) is 0 Å². The Morgan fingerprint density at radius 3 is 3.06 bits per heavy atom. The first-order valence-electron chi connectivity index (χ1n) is 5.76. The Kier molecular flexibility index (Phi) is 3.76. The van der Waals surface area contributed by atoms with Gasteiger partial charge in [-0.1, -0.05) is 12.1 Å². The number of β-amino-alcohol motifs (C(OH)–C–C–N with tert-alkyl or cyclic N) is 1. The molecule has 4 nitrogen and oxygen atoms in total. The average Bonchev–Trinajstić information content (AvgIpc) is 2.74. The molecule has 1 aromatic rings. The van der Waals surface area contributed by atoms with Gasteiger partial charge in [0, 0.05) is 19.6 Å². The fraction of sp³-hybridized carbons (Fsp3) is 0.462. The lowest BCUT2D eigenvalue weighted by Gasteiger charge is -2.15. The molecule has 1 aliphatic heterocycles. The van der Waals surface area contributed by atoms with E-state index < -0.39 is 0 Å². The standard InChI is InChI=1S/C13H17NO3/c1-17-13(16)11-4-2-3-10(7-11)8-14-6-5-12(15)9-14/h2-4,7,12,15H,5-6,8-9H2,1H3/t12-/m1/s1. The van der Waals surface area contributed by atoms with Gasteiger partial charge >= 0.3 is 5.97 Å². The van der Waals surface area contributed by atoms with Gasteiger partial charge in [-0.25, -0.2) is 4.79 Å². The third-order valence-electron chi connectivity index (χ3n) is 3.00. The van der Waals surface area contributed by atoms with E-state index in [1.165, 1.54) is 7.11 Å². The van der Waals surface area contributed by atoms with E-state index in [0.717, 1.165) is 25.1 Å². The molecule has 0 aliphatic carbocycles. The fourth-order valence-corrected chi connectivity index (χ4v) is 2.13. The molecular formula is C13H17NO3. The van der Waals surface area contributed by atoms with Crippen LogP contribution in [0.5, 0.6) is 0 Å². The lowest BCUT2D eigenvalue weighted by molar-refractivity contribution is 0.0600. The predicted molar refractivity (Wildman–Crippen MR) is 63.7 cm³/mol. The van der Waals surface area contributed by atoms with Crippen molar-refractivity contribution in [1.29, 1.82) is 0 Å². The highest BCUT2D eigenvalue weighted by molar-refractivity contribution is 5.89. The first-order valence-corrected chi connectivity index (χ1v) is 5.76. The molecule has 0 unspecified atom stereocenters. The van der Waals surface area contributed by atoms with Gasteiger partial charge in [-0.05, 0) is 24.1 Å². The molecule has 1 fully saturated rings. The largest absolute Gasteiger partial charge is 0.465 e. The molecule has 92 valence electrons. The topological polar surface area (TPSA) is 49.8 Å². The van der Waals surface area contributed by atoms with Gasteiger partial charge in [0.15, 0.2) is 0 Å². The molecule has 1 aromatic carbocycles. The van der Waals surface area contributed by atoms with Gasteiger partial charge in [0.05, 0.1) is 18.8 Å². The van der Waals surface area contributed by atoms with Crippen LogP contribution in [0.25, 0.3) is 0 Å². The summed E-state index contributed by atoms with van der Waals surface area (Å²) in [5, 5.41) is 9.44. The average molecular weight is 235 g/mol. The molecule has 1 aliphatic rings. The van der Waals surface area contributed by atoms with E-state index in [9.17, 15) is 9.90 Å². The zero-order chi connectivity index (χ0) is 12.3. The second-order valence-electron chi connectivity index (χ2n) is 4.37. The number of aliphatic hydroxyl groups excluding tert-OH is 1. The fourth-order valence-electron chi connectivity index (χ4n) is 2.13. The summed E-state index contributed by atoms with van der Waals surface area (Å²) in [6.07, 6.45) is 0.621. The highest BCUT2D eigenvalue weighted by Crippen LogP contribution is 2.14. The Labute approximate surface area is 101 Å². The summed E-state index contributed by atoms with van der Waals surface area (Å²) in [7, 11) is 1.38. The molecule has 1 saturated heterocycles. The predicted octanol–water partition coefficient (Wildman–Crippen LogP) is 1.04. The van der Waals surface area contributed by atoms with Gasteiger partial charge in [-0.15, -0.1) is 0 Å². The molecule has 1 heterocycles. The van der Waals surface area contributed by atoms with Crippen LogP contribution in [0.15, 0.2) is 24.3 Å². The lowest BCUT2D eigenvalue weighted by atomic mass is 10.1. The van der Waals surface area contributed by atoms with Crippen molar-refractivity contribution in [3.63, 3.8) is 0 Å². The minimum absolute atomic E-state index is 0.209. The molecule has 17 heavy (non-hydrogen) atoms. The summed E-state index contributed by atoms with van der Waals surface area (Å²) in [6.45, 7) is 2.38. The maximum atomic E-state index is 11.4. The summed E-state index contributed by atoms with van der Waals surface area (Å²) in [5.41, 5.74) is 1.65. The monoisotopic (exact) mass is 235 g/mol. The molecule has 0 amide bonds. The molecular weight excluding hydrogens is 218 g/mol. The van der Waals surface area contributed by atoms with Crippen LogP contribution in [0, 0.1) is 0 Å². The SMILES string of the molecule is COC(=O)c1cccc(CN2CC[C@@H](O)C2)c1. The normalized spacial score (nSPS) is 20.5. The number of carbonyl (C=O) groups excluding carboxylic acids is 1. The Hall–Kier alpha value is -1.39. The maximum Gasteiger partial charge on any atom is 0.337 e. The Morgan fingerprint density at radius 2 is 2.41 bits per heavy atom. The van der Waals surface area contributed by atoms with E-state index in [0.29, 0.717) is 12.1 Å². The number of nitrogens with zero attached hydrogens (tertiary/aromatic N) is 1. The highest BCUT2D eigenvalue weighted by Gasteiger charge is 2.20. The first kappa shape index (κ1) is 12.1. The number of aliphatic hydroxyl groups is 1. The number of esters is 1. The third kappa shape index (κ3) is 3.05. The minimum Gasteiger partial charge on any atom is -0.465 e. The van der Waals surface area contributed by atoms with Crippen LogP contribution in [0.2, 0.25) is 0 Å². The molecule has 0 bridgehead atoms. The van der Waals surface area contributed by atoms with Gasteiger partial charge in [0.1, 0.15) is 0 Å². The van der Waals surface area contributed by atoms with Crippen molar-refractivity contribution in [2.45, 2.75) is 19.1 Å². The van der Waals surface area contributed by atoms with Crippen LogP contribution in [0.4, 0.5) is 0 Å². The van der Waals surface area contributed by atoms with E-state index >= 15 is 0 Å². The van der Waals surface area contributed by atoms with Gasteiger partial charge in [-0.3, -0.25) is 4.90 Å². The van der Waals surface area contributed by atoms with Gasteiger partial charge < -0.3 is 9.84 Å². The van der Waals surface area contributed by atoms with E-state index in [2.05, 4.69) is 9.64 Å². The Balaban J connectivity index is 2.03. The van der Waals surface area contributed by atoms with Crippen molar-refractivity contribution in [2.75, 3.05) is 20.2 Å². The number of carbonyl (C=O) groups is 1. The number of hydrogen-bond acceptors (Lipinski definition) is 4. The van der Waals surface area contributed by atoms with Crippen LogP contribution in [0.3, 0.4) is 0 Å². The van der Waals surface area contributed by atoms with E-state index in [-0.39, 0.29) is 12.1 Å². The minimum atomic E-state index is -0.312. The smallest absolute Gasteiger partial charge is 0.337 e. The third-order valence-corrected chi connectivity index (χ3v) is 3.00. The number of methoxy groups -OCH3 is 1. The van der Waals surface area contributed by atoms with Gasteiger partial charge in [-0.2, -0.15) is 0 Å². The second-order valence-corrected chi connectivity index (χ2v) is 4.37. The maximum absolute atomic E-state index is 11.4. The van der Waals surface area contributed by atoms with E-state index in [1.807, 2.05) is 18.2 Å². The molecule has 0 aromatic heterocycles. The molecule has 1 atom stereocenters. The summed E-state index contributed by atoms with van der Waals surface area (Å²) < 4.78 is 4.69. The summed E-state index contributed by atoms with van der Waals surface area (Å²) in [5.74, 6) is -0.312. The quantitative estimate of drug-likeness (QED) is 0.795. The summed E-state index contributed by atoms with van der Waals surface area (Å²) >= 11 is 0. The summed E-state index contributed by atoms with van der Waals surface area (Å²) in [6, 6.07) is 7.43. The number of benzene rings is 1. The molecule has 0 saturated carbocycles. The highest BCUT2D eigenvalue weighted by atomic mass is 16.5. The molecule has 1 N–H and O–H groups in total. The number of hydrogen-bond donors (Lipinski definition) is 1. The van der Waals surface area contributed by atoms with Crippen LogP contribution in [-0.4, -0.2) is 42.3 Å². The summed E-state index contributed by atoms with van der Waals surface area (Å²) in [4.78, 5) is 13.6. The Bertz CT molecular complexity index is 405. The van der Waals surface area contributed by atoms with E-state index in [1.54, 1.807) is 6.07 Å². The van der Waals surface area contributed by atoms with E-state index in [4.69, 9.17) is 0 Å². The number of ether oxygens (including phenoxy) is 1. The lowest BCUT2D eigenvalue weighted by Crippen LogP contribution is -2.21. The van der Waals surface area contributed by atoms with Crippen LogP contribution in [0.1, 0.15) is 22.3 Å². The van der Waals surface area contributed by atoms with Crippen molar-refractivity contribution in [2.24, 2.45) is 0 Å². The van der Waals surface area contributed by atoms with Crippen molar-refractivity contribution >= 4 is 5.97 Å². The zero-order valence-electron chi connectivity index (χ0n) is 9.93. The van der Waals surface area contributed by atoms with Crippen LogP contribution in [-0.2, 0) is 11.3 Å². The zero-order valence-corrected chi connectivity index (χ0v) is 9.93. The van der Waals surface area contributed by atoms with Crippen molar-refractivity contribution in [1.82, 2.24) is 4.90 Å². The second kappa shape index (κ2) is 5.29. The molecule has 4 heteroatoms. The van der Waals surface area contributed by atoms with Crippen molar-refractivity contribution in [3.05, 3.63) is 35.4 Å². The van der Waals surface area contributed by atoms with Crippen molar-refractivity contribution in [3.8, 4) is 0 Å². The van der Waals surface area contributed by atoms with Crippen LogP contribution >= 0.6 is 0 Å². The van der Waals surface area contributed by atoms with Gasteiger partial charge in [0.2, 0.25) is 0 Å². The van der Waals surface area contributed by atoms with Crippen LogP contribution < -0.4 is 0 Å². The number of rotatable bonds is 3. The molecule has 0 radical (unpaired) electrons. The molecule has 2 rings (SSSR count). The number of likely N-dealkylation sites (tertiary alicyclic amines) is 1.